The van der Waals surface area contributed by atoms with Gasteiger partial charge in [-0.3, -0.25) is 9.69 Å². The summed E-state index contributed by atoms with van der Waals surface area (Å²) in [7, 11) is 0.106. The molecule has 0 aromatic heterocycles. The number of nitrogens with zero attached hydrogens (tertiary/aromatic N) is 1. The van der Waals surface area contributed by atoms with Crippen LogP contribution in [0.1, 0.15) is 13.3 Å². The Labute approximate surface area is 142 Å². The third-order valence-corrected chi connectivity index (χ3v) is 5.91. The van der Waals surface area contributed by atoms with Gasteiger partial charge in [0.2, 0.25) is 5.91 Å². The van der Waals surface area contributed by atoms with Gasteiger partial charge in [-0.15, -0.1) is 0 Å². The molecule has 0 saturated carbocycles. The molecule has 1 aromatic rings. The summed E-state index contributed by atoms with van der Waals surface area (Å²) in [5.74, 6) is 1.26. The Balaban J connectivity index is 2.02. The lowest BCUT2D eigenvalue weighted by Crippen LogP contribution is -2.41. The number of methoxy groups -OCH3 is 2. The van der Waals surface area contributed by atoms with Crippen molar-refractivity contribution < 1.29 is 22.7 Å². The number of hydrogen-bond donors (Lipinski definition) is 1. The van der Waals surface area contributed by atoms with Gasteiger partial charge in [-0.1, -0.05) is 6.92 Å². The van der Waals surface area contributed by atoms with Crippen LogP contribution in [0.4, 0.5) is 5.69 Å². The van der Waals surface area contributed by atoms with Crippen molar-refractivity contribution in [2.75, 3.05) is 44.1 Å². The van der Waals surface area contributed by atoms with Crippen LogP contribution in [0, 0.1) is 0 Å². The predicted octanol–water partition coefficient (Wildman–Crippen LogP) is 1.15. The average molecular weight is 356 g/mol. The van der Waals surface area contributed by atoms with Gasteiger partial charge < -0.3 is 14.8 Å². The molecule has 2 rings (SSSR count). The van der Waals surface area contributed by atoms with Crippen LogP contribution >= 0.6 is 0 Å². The number of likely N-dealkylation sites (N-methyl/N-ethyl adjacent to an activating group) is 1. The summed E-state index contributed by atoms with van der Waals surface area (Å²) in [5.41, 5.74) is 0.554. The van der Waals surface area contributed by atoms with Gasteiger partial charge in [0.05, 0.1) is 38.0 Å². The first-order valence-electron chi connectivity index (χ1n) is 7.85. The Morgan fingerprint density at radius 2 is 2.08 bits per heavy atom. The summed E-state index contributed by atoms with van der Waals surface area (Å²) >= 11 is 0. The lowest BCUT2D eigenvalue weighted by atomic mass is 10.2. The Morgan fingerprint density at radius 1 is 1.33 bits per heavy atom. The number of carbonyl (C=O) groups is 1. The van der Waals surface area contributed by atoms with E-state index in [2.05, 4.69) is 5.32 Å². The third-order valence-electron chi connectivity index (χ3n) is 4.16. The molecule has 24 heavy (non-hydrogen) atoms. The molecule has 0 aliphatic carbocycles. The highest BCUT2D eigenvalue weighted by atomic mass is 32.2. The Morgan fingerprint density at radius 3 is 2.62 bits per heavy atom. The molecule has 1 heterocycles. The van der Waals surface area contributed by atoms with Gasteiger partial charge in [-0.2, -0.15) is 0 Å². The minimum atomic E-state index is -2.97. The van der Waals surface area contributed by atoms with Gasteiger partial charge in [0.25, 0.3) is 0 Å². The van der Waals surface area contributed by atoms with E-state index >= 15 is 0 Å². The number of sulfone groups is 1. The van der Waals surface area contributed by atoms with Gasteiger partial charge in [-0.05, 0) is 25.1 Å². The second-order valence-corrected chi connectivity index (χ2v) is 7.96. The van der Waals surface area contributed by atoms with Crippen LogP contribution in [-0.4, -0.2) is 64.1 Å². The fourth-order valence-electron chi connectivity index (χ4n) is 2.84. The molecule has 1 N–H and O–H groups in total. The van der Waals surface area contributed by atoms with E-state index in [-0.39, 0.29) is 30.0 Å². The SMILES string of the molecule is CCN(CC(=O)Nc1ccc(OC)cc1OC)C1CCS(=O)(=O)C1. The summed E-state index contributed by atoms with van der Waals surface area (Å²) in [5, 5.41) is 2.81. The fraction of sp³-hybridized carbons (Fsp3) is 0.562. The molecule has 7 nitrogen and oxygen atoms in total. The number of carbonyl (C=O) groups excluding carboxylic acids is 1. The molecule has 134 valence electrons. The second-order valence-electron chi connectivity index (χ2n) is 5.73. The molecular weight excluding hydrogens is 332 g/mol. The van der Waals surface area contributed by atoms with E-state index in [1.165, 1.54) is 7.11 Å². The highest BCUT2D eigenvalue weighted by Crippen LogP contribution is 2.29. The van der Waals surface area contributed by atoms with Crippen molar-refractivity contribution in [2.24, 2.45) is 0 Å². The van der Waals surface area contributed by atoms with Crippen molar-refractivity contribution in [1.29, 1.82) is 0 Å². The highest BCUT2D eigenvalue weighted by molar-refractivity contribution is 7.91. The quantitative estimate of drug-likeness (QED) is 0.789. The monoisotopic (exact) mass is 356 g/mol. The summed E-state index contributed by atoms with van der Waals surface area (Å²) in [6.07, 6.45) is 0.579. The Hall–Kier alpha value is -1.80. The molecule has 0 radical (unpaired) electrons. The second kappa shape index (κ2) is 7.85. The molecule has 1 aromatic carbocycles. The molecule has 8 heteroatoms. The van der Waals surface area contributed by atoms with Crippen LogP contribution in [0.3, 0.4) is 0 Å². The fourth-order valence-corrected chi connectivity index (χ4v) is 4.60. The standard InChI is InChI=1S/C16H24N2O5S/c1-4-18(12-7-8-24(20,21)11-12)10-16(19)17-14-6-5-13(22-2)9-15(14)23-3/h5-6,9,12H,4,7-8,10-11H2,1-3H3,(H,17,19). The first-order chi connectivity index (χ1) is 11.4. The van der Waals surface area contributed by atoms with E-state index in [0.717, 1.165) is 0 Å². The topological polar surface area (TPSA) is 84.9 Å². The molecule has 1 amide bonds. The first kappa shape index (κ1) is 18.5. The van der Waals surface area contributed by atoms with E-state index < -0.39 is 9.84 Å². The molecular formula is C16H24N2O5S. The van der Waals surface area contributed by atoms with Crippen LogP contribution < -0.4 is 14.8 Å². The number of ether oxygens (including phenoxy) is 2. The zero-order valence-electron chi connectivity index (χ0n) is 14.2. The van der Waals surface area contributed by atoms with Crippen LogP contribution in [0.15, 0.2) is 18.2 Å². The Bertz CT molecular complexity index is 690. The van der Waals surface area contributed by atoms with Crippen molar-refractivity contribution >= 4 is 21.4 Å². The average Bonchev–Trinajstić information content (AvgIpc) is 2.92. The van der Waals surface area contributed by atoms with Crippen LogP contribution in [0.25, 0.3) is 0 Å². The van der Waals surface area contributed by atoms with Gasteiger partial charge >= 0.3 is 0 Å². The molecule has 0 spiro atoms. The molecule has 1 aliphatic heterocycles. The third kappa shape index (κ3) is 4.61. The summed E-state index contributed by atoms with van der Waals surface area (Å²) in [6, 6.07) is 5.05. The van der Waals surface area contributed by atoms with E-state index in [9.17, 15) is 13.2 Å². The highest BCUT2D eigenvalue weighted by Gasteiger charge is 2.32. The molecule has 1 aliphatic rings. The largest absolute Gasteiger partial charge is 0.497 e. The smallest absolute Gasteiger partial charge is 0.238 e. The van der Waals surface area contributed by atoms with Gasteiger partial charge in [0, 0.05) is 12.1 Å². The van der Waals surface area contributed by atoms with E-state index in [4.69, 9.17) is 9.47 Å². The van der Waals surface area contributed by atoms with E-state index in [1.807, 2.05) is 11.8 Å². The number of nitrogens with one attached hydrogen (secondary N) is 1. The van der Waals surface area contributed by atoms with Gasteiger partial charge in [0.15, 0.2) is 9.84 Å². The minimum absolute atomic E-state index is 0.0940. The van der Waals surface area contributed by atoms with Crippen molar-refractivity contribution in [3.63, 3.8) is 0 Å². The first-order valence-corrected chi connectivity index (χ1v) is 9.67. The number of hydrogen-bond acceptors (Lipinski definition) is 6. The van der Waals surface area contributed by atoms with Gasteiger partial charge in [-0.25, -0.2) is 8.42 Å². The summed E-state index contributed by atoms with van der Waals surface area (Å²) in [6.45, 7) is 2.69. The van der Waals surface area contributed by atoms with Crippen LogP contribution in [-0.2, 0) is 14.6 Å². The Kier molecular flexibility index (Phi) is 6.06. The zero-order chi connectivity index (χ0) is 17.7. The lowest BCUT2D eigenvalue weighted by Gasteiger charge is -2.25. The summed E-state index contributed by atoms with van der Waals surface area (Å²) in [4.78, 5) is 14.2. The van der Waals surface area contributed by atoms with Crippen molar-refractivity contribution in [3.05, 3.63) is 18.2 Å². The van der Waals surface area contributed by atoms with Crippen LogP contribution in [0.2, 0.25) is 0 Å². The van der Waals surface area contributed by atoms with Crippen molar-refractivity contribution in [3.8, 4) is 11.5 Å². The number of rotatable bonds is 7. The minimum Gasteiger partial charge on any atom is -0.497 e. The number of amides is 1. The van der Waals surface area contributed by atoms with Crippen molar-refractivity contribution in [2.45, 2.75) is 19.4 Å². The van der Waals surface area contributed by atoms with Crippen LogP contribution in [0.5, 0.6) is 11.5 Å². The molecule has 1 unspecified atom stereocenters. The normalized spacial score (nSPS) is 19.2. The molecule has 1 atom stereocenters. The molecule has 1 saturated heterocycles. The summed E-state index contributed by atoms with van der Waals surface area (Å²) < 4.78 is 33.6. The van der Waals surface area contributed by atoms with Gasteiger partial charge in [0.1, 0.15) is 11.5 Å². The number of benzene rings is 1. The van der Waals surface area contributed by atoms with E-state index in [0.29, 0.717) is 30.2 Å². The van der Waals surface area contributed by atoms with Crippen molar-refractivity contribution in [1.82, 2.24) is 4.90 Å². The number of anilines is 1. The molecule has 0 bridgehead atoms. The maximum Gasteiger partial charge on any atom is 0.238 e. The maximum atomic E-state index is 12.3. The zero-order valence-corrected chi connectivity index (χ0v) is 15.1. The molecule has 1 fully saturated rings. The lowest BCUT2D eigenvalue weighted by molar-refractivity contribution is -0.117. The predicted molar refractivity (Wildman–Crippen MR) is 92.5 cm³/mol. The maximum absolute atomic E-state index is 12.3. The van der Waals surface area contributed by atoms with E-state index in [1.54, 1.807) is 25.3 Å².